The molecule has 8 nitrogen and oxygen atoms in total. The van der Waals surface area contributed by atoms with Crippen molar-refractivity contribution in [2.24, 2.45) is 5.41 Å². The molecule has 8 heteroatoms. The third-order valence-corrected chi connectivity index (χ3v) is 2.29. The third kappa shape index (κ3) is 7.98. The number of carboxylic acids is 1. The molecule has 0 aromatic heterocycles. The number of amides is 3. The van der Waals surface area contributed by atoms with Crippen molar-refractivity contribution in [3.05, 3.63) is 0 Å². The lowest BCUT2D eigenvalue weighted by molar-refractivity contribution is -0.142. The van der Waals surface area contributed by atoms with E-state index in [9.17, 15) is 14.4 Å². The molecule has 0 saturated carbocycles. The number of aliphatic carboxylic acids is 1. The molecule has 0 aliphatic rings. The minimum atomic E-state index is -1.06. The summed E-state index contributed by atoms with van der Waals surface area (Å²) in [7, 11) is 1.53. The van der Waals surface area contributed by atoms with Crippen LogP contribution in [-0.4, -0.2) is 56.4 Å². The molecule has 0 aromatic rings. The van der Waals surface area contributed by atoms with Crippen molar-refractivity contribution in [3.8, 4) is 0 Å². The summed E-state index contributed by atoms with van der Waals surface area (Å²) >= 11 is 0. The second-order valence-corrected chi connectivity index (χ2v) is 4.52. The summed E-state index contributed by atoms with van der Waals surface area (Å²) in [6.45, 7) is 3.52. The van der Waals surface area contributed by atoms with Gasteiger partial charge in [0.1, 0.15) is 6.61 Å². The van der Waals surface area contributed by atoms with E-state index in [2.05, 4.69) is 16.0 Å². The Kier molecular flexibility index (Phi) is 7.50. The van der Waals surface area contributed by atoms with Crippen molar-refractivity contribution in [2.45, 2.75) is 13.8 Å². The zero-order valence-electron chi connectivity index (χ0n) is 11.4. The van der Waals surface area contributed by atoms with Gasteiger partial charge in [0.2, 0.25) is 5.91 Å². The van der Waals surface area contributed by atoms with E-state index in [1.807, 2.05) is 0 Å². The molecule has 0 unspecified atom stereocenters. The van der Waals surface area contributed by atoms with Crippen LogP contribution in [0.2, 0.25) is 0 Å². The third-order valence-electron chi connectivity index (χ3n) is 2.29. The highest BCUT2D eigenvalue weighted by atomic mass is 16.5. The van der Waals surface area contributed by atoms with E-state index in [-0.39, 0.29) is 25.6 Å². The number of hydrogen-bond acceptors (Lipinski definition) is 4. The van der Waals surface area contributed by atoms with Crippen LogP contribution in [0.3, 0.4) is 0 Å². The van der Waals surface area contributed by atoms with Gasteiger partial charge in [-0.3, -0.25) is 4.79 Å². The zero-order valence-corrected chi connectivity index (χ0v) is 11.4. The molecule has 0 spiro atoms. The maximum Gasteiger partial charge on any atom is 0.329 e. The van der Waals surface area contributed by atoms with Gasteiger partial charge in [0.15, 0.2) is 0 Å². The summed E-state index contributed by atoms with van der Waals surface area (Å²) in [6, 6.07) is -0.434. The molecule has 0 aromatic carbocycles. The maximum atomic E-state index is 11.5. The molecule has 0 aliphatic heterocycles. The van der Waals surface area contributed by atoms with Crippen molar-refractivity contribution < 1.29 is 24.2 Å². The summed E-state index contributed by atoms with van der Waals surface area (Å²) in [5.41, 5.74) is -0.702. The first-order valence-electron chi connectivity index (χ1n) is 5.83. The normalized spacial score (nSPS) is 10.7. The molecule has 4 N–H and O–H groups in total. The Hall–Kier alpha value is -1.83. The van der Waals surface area contributed by atoms with Crippen LogP contribution < -0.4 is 16.0 Å². The highest BCUT2D eigenvalue weighted by molar-refractivity contribution is 5.82. The first-order chi connectivity index (χ1) is 8.79. The average molecular weight is 275 g/mol. The van der Waals surface area contributed by atoms with E-state index < -0.39 is 24.0 Å². The number of ether oxygens (including phenoxy) is 1. The van der Waals surface area contributed by atoms with Crippen LogP contribution in [0.25, 0.3) is 0 Å². The lowest BCUT2D eigenvalue weighted by atomic mass is 9.92. The first-order valence-corrected chi connectivity index (χ1v) is 5.83. The van der Waals surface area contributed by atoms with Crippen molar-refractivity contribution in [1.29, 1.82) is 0 Å². The number of nitrogens with one attached hydrogen (secondary N) is 3. The van der Waals surface area contributed by atoms with Gasteiger partial charge in [0.25, 0.3) is 0 Å². The van der Waals surface area contributed by atoms with E-state index in [0.29, 0.717) is 0 Å². The smallest absolute Gasteiger partial charge is 0.329 e. The Morgan fingerprint density at radius 3 is 2.37 bits per heavy atom. The molecule has 0 saturated heterocycles. The maximum absolute atomic E-state index is 11.5. The molecule has 0 fully saturated rings. The van der Waals surface area contributed by atoms with E-state index >= 15 is 0 Å². The molecular weight excluding hydrogens is 254 g/mol. The molecule has 19 heavy (non-hydrogen) atoms. The Bertz CT molecular complexity index is 330. The summed E-state index contributed by atoms with van der Waals surface area (Å²) < 4.78 is 4.74. The lowest BCUT2D eigenvalue weighted by Crippen LogP contribution is -2.47. The Morgan fingerprint density at radius 2 is 1.84 bits per heavy atom. The van der Waals surface area contributed by atoms with Gasteiger partial charge in [-0.15, -0.1) is 0 Å². The van der Waals surface area contributed by atoms with Gasteiger partial charge in [-0.2, -0.15) is 0 Å². The molecular formula is C11H21N3O5. The second-order valence-electron chi connectivity index (χ2n) is 4.52. The quantitative estimate of drug-likeness (QED) is 0.431. The van der Waals surface area contributed by atoms with Gasteiger partial charge in [-0.1, -0.05) is 0 Å². The highest BCUT2D eigenvalue weighted by Crippen LogP contribution is 2.12. The van der Waals surface area contributed by atoms with Gasteiger partial charge in [-0.05, 0) is 13.8 Å². The van der Waals surface area contributed by atoms with Crippen LogP contribution in [0.5, 0.6) is 0 Å². The zero-order chi connectivity index (χ0) is 14.9. The standard InChI is InChI=1S/C11H21N3O5/c1-11(2,9(17)12-3)7-14-10(18)13-4-5-19-6-8(15)16/h4-7H2,1-3H3,(H,12,17)(H,15,16)(H2,13,14,18). The number of carboxylic acid groups (broad SMARTS) is 1. The minimum Gasteiger partial charge on any atom is -0.480 e. The fourth-order valence-corrected chi connectivity index (χ4v) is 1.18. The molecule has 0 bridgehead atoms. The fraction of sp³-hybridized carbons (Fsp3) is 0.727. The van der Waals surface area contributed by atoms with E-state index in [1.165, 1.54) is 7.05 Å². The van der Waals surface area contributed by atoms with Gasteiger partial charge in [0.05, 0.1) is 12.0 Å². The van der Waals surface area contributed by atoms with E-state index in [0.717, 1.165) is 0 Å². The highest BCUT2D eigenvalue weighted by Gasteiger charge is 2.26. The van der Waals surface area contributed by atoms with Crippen LogP contribution in [0.1, 0.15) is 13.8 Å². The first kappa shape index (κ1) is 17.2. The number of carbonyl (C=O) groups is 3. The molecule has 0 radical (unpaired) electrons. The number of urea groups is 1. The summed E-state index contributed by atoms with van der Waals surface area (Å²) in [5.74, 6) is -1.23. The monoisotopic (exact) mass is 275 g/mol. The summed E-state index contributed by atoms with van der Waals surface area (Å²) in [5, 5.41) is 15.9. The number of hydrogen-bond donors (Lipinski definition) is 4. The summed E-state index contributed by atoms with van der Waals surface area (Å²) in [6.07, 6.45) is 0. The minimum absolute atomic E-state index is 0.110. The number of carbonyl (C=O) groups excluding carboxylic acids is 2. The van der Waals surface area contributed by atoms with Crippen LogP contribution in [0.4, 0.5) is 4.79 Å². The van der Waals surface area contributed by atoms with E-state index in [1.54, 1.807) is 13.8 Å². The van der Waals surface area contributed by atoms with Gasteiger partial charge < -0.3 is 25.8 Å². The molecule has 0 rings (SSSR count). The lowest BCUT2D eigenvalue weighted by Gasteiger charge is -2.22. The average Bonchev–Trinajstić information content (AvgIpc) is 2.34. The molecule has 0 aliphatic carbocycles. The van der Waals surface area contributed by atoms with Crippen LogP contribution in [0.15, 0.2) is 0 Å². The SMILES string of the molecule is CNC(=O)C(C)(C)CNC(=O)NCCOCC(=O)O. The van der Waals surface area contributed by atoms with Crippen molar-refractivity contribution in [1.82, 2.24) is 16.0 Å². The van der Waals surface area contributed by atoms with Crippen LogP contribution in [0, 0.1) is 5.41 Å². The van der Waals surface area contributed by atoms with Gasteiger partial charge in [-0.25, -0.2) is 9.59 Å². The largest absolute Gasteiger partial charge is 0.480 e. The topological polar surface area (TPSA) is 117 Å². The Balaban J connectivity index is 3.76. The molecule has 110 valence electrons. The fourth-order valence-electron chi connectivity index (χ4n) is 1.18. The summed E-state index contributed by atoms with van der Waals surface area (Å²) in [4.78, 5) is 33.0. The molecule has 0 heterocycles. The predicted octanol–water partition coefficient (Wildman–Crippen LogP) is -0.841. The van der Waals surface area contributed by atoms with Crippen molar-refractivity contribution in [2.75, 3.05) is 33.4 Å². The van der Waals surface area contributed by atoms with Gasteiger partial charge >= 0.3 is 12.0 Å². The van der Waals surface area contributed by atoms with Crippen molar-refractivity contribution >= 4 is 17.9 Å². The molecule has 3 amide bonds. The van der Waals surface area contributed by atoms with Crippen molar-refractivity contribution in [3.63, 3.8) is 0 Å². The Labute approximate surface area is 111 Å². The van der Waals surface area contributed by atoms with E-state index in [4.69, 9.17) is 9.84 Å². The number of rotatable bonds is 8. The van der Waals surface area contributed by atoms with Crippen LogP contribution >= 0.6 is 0 Å². The second kappa shape index (κ2) is 8.30. The predicted molar refractivity (Wildman–Crippen MR) is 67.7 cm³/mol. The Morgan fingerprint density at radius 1 is 1.21 bits per heavy atom. The van der Waals surface area contributed by atoms with Crippen LogP contribution in [-0.2, 0) is 14.3 Å². The molecule has 0 atom stereocenters. The van der Waals surface area contributed by atoms with Gasteiger partial charge in [0, 0.05) is 20.1 Å².